The number of carbonyl (C=O) groups is 4. The highest BCUT2D eigenvalue weighted by molar-refractivity contribution is 6.28. The molecule has 2 aliphatic heterocycles. The second-order valence-corrected chi connectivity index (χ2v) is 4.85. The van der Waals surface area contributed by atoms with Crippen LogP contribution in [0.5, 0.6) is 0 Å². The summed E-state index contributed by atoms with van der Waals surface area (Å²) in [5.41, 5.74) is 0.532. The predicted molar refractivity (Wildman–Crippen MR) is 73.0 cm³/mol. The van der Waals surface area contributed by atoms with Crippen molar-refractivity contribution in [1.82, 2.24) is 10.2 Å². The fourth-order valence-corrected chi connectivity index (χ4v) is 2.60. The largest absolute Gasteiger partial charge is 0.329 e. The third-order valence-corrected chi connectivity index (χ3v) is 3.51. The molecule has 2 heterocycles. The minimum Gasteiger partial charge on any atom is -0.328 e. The van der Waals surface area contributed by atoms with Gasteiger partial charge in [-0.05, 0) is 18.6 Å². The smallest absolute Gasteiger partial charge is 0.328 e. The summed E-state index contributed by atoms with van der Waals surface area (Å²) < 4.78 is 0. The standard InChI is InChI=1S/C14H13N3O4/c1-2-6-16-12(19)8-4-3-5-9(11(8)13(16)20)17-10(18)7-15-14(17)21/h3-5H,2,6-7H2,1H3,(H,15,21). The molecular weight excluding hydrogens is 274 g/mol. The van der Waals surface area contributed by atoms with Crippen LogP contribution in [0.4, 0.5) is 10.5 Å². The van der Waals surface area contributed by atoms with E-state index in [1.807, 2.05) is 6.92 Å². The van der Waals surface area contributed by atoms with Gasteiger partial charge < -0.3 is 5.32 Å². The van der Waals surface area contributed by atoms with E-state index in [4.69, 9.17) is 0 Å². The van der Waals surface area contributed by atoms with Gasteiger partial charge in [-0.15, -0.1) is 0 Å². The highest BCUT2D eigenvalue weighted by atomic mass is 16.2. The number of urea groups is 1. The molecule has 1 fully saturated rings. The minimum absolute atomic E-state index is 0.108. The molecule has 21 heavy (non-hydrogen) atoms. The van der Waals surface area contributed by atoms with Crippen LogP contribution in [0.25, 0.3) is 0 Å². The summed E-state index contributed by atoms with van der Waals surface area (Å²) >= 11 is 0. The summed E-state index contributed by atoms with van der Waals surface area (Å²) in [6.45, 7) is 2.07. The van der Waals surface area contributed by atoms with E-state index in [1.165, 1.54) is 12.1 Å². The van der Waals surface area contributed by atoms with Gasteiger partial charge >= 0.3 is 6.03 Å². The Balaban J connectivity index is 2.12. The first-order valence-electron chi connectivity index (χ1n) is 6.66. The van der Waals surface area contributed by atoms with E-state index in [0.29, 0.717) is 13.0 Å². The summed E-state index contributed by atoms with van der Waals surface area (Å²) in [6, 6.07) is 4.02. The van der Waals surface area contributed by atoms with Crippen molar-refractivity contribution in [2.75, 3.05) is 18.0 Å². The number of carbonyl (C=O) groups excluding carboxylic acids is 4. The fourth-order valence-electron chi connectivity index (χ4n) is 2.60. The van der Waals surface area contributed by atoms with E-state index in [-0.39, 0.29) is 29.3 Å². The zero-order chi connectivity index (χ0) is 15.1. The Morgan fingerprint density at radius 2 is 1.90 bits per heavy atom. The second-order valence-electron chi connectivity index (χ2n) is 4.85. The quantitative estimate of drug-likeness (QED) is 0.656. The first kappa shape index (κ1) is 13.3. The van der Waals surface area contributed by atoms with Crippen LogP contribution in [-0.2, 0) is 4.79 Å². The molecule has 5 amide bonds. The van der Waals surface area contributed by atoms with Crippen LogP contribution >= 0.6 is 0 Å². The third-order valence-electron chi connectivity index (χ3n) is 3.51. The lowest BCUT2D eigenvalue weighted by molar-refractivity contribution is -0.115. The van der Waals surface area contributed by atoms with Gasteiger partial charge in [-0.3, -0.25) is 19.3 Å². The molecule has 0 atom stereocenters. The van der Waals surface area contributed by atoms with Crippen LogP contribution in [0.3, 0.4) is 0 Å². The first-order valence-corrected chi connectivity index (χ1v) is 6.66. The number of nitrogens with zero attached hydrogens (tertiary/aromatic N) is 2. The maximum absolute atomic E-state index is 12.4. The van der Waals surface area contributed by atoms with Gasteiger partial charge in [-0.2, -0.15) is 0 Å². The van der Waals surface area contributed by atoms with Crippen molar-refractivity contribution in [2.45, 2.75) is 13.3 Å². The zero-order valence-corrected chi connectivity index (χ0v) is 11.4. The van der Waals surface area contributed by atoms with Crippen molar-refractivity contribution in [3.05, 3.63) is 29.3 Å². The van der Waals surface area contributed by atoms with Crippen LogP contribution in [0.1, 0.15) is 34.1 Å². The van der Waals surface area contributed by atoms with Crippen molar-refractivity contribution in [1.29, 1.82) is 0 Å². The van der Waals surface area contributed by atoms with Crippen LogP contribution < -0.4 is 10.2 Å². The SMILES string of the molecule is CCCN1C(=O)c2cccc(N3C(=O)CNC3=O)c2C1=O. The Bertz CT molecular complexity index is 667. The van der Waals surface area contributed by atoms with Gasteiger partial charge in [0.15, 0.2) is 0 Å². The van der Waals surface area contributed by atoms with Crippen molar-refractivity contribution >= 4 is 29.4 Å². The summed E-state index contributed by atoms with van der Waals surface area (Å²) in [6.07, 6.45) is 0.643. The van der Waals surface area contributed by atoms with Crippen molar-refractivity contribution in [2.24, 2.45) is 0 Å². The van der Waals surface area contributed by atoms with Gasteiger partial charge in [0.1, 0.15) is 0 Å². The Kier molecular flexibility index (Phi) is 2.97. The van der Waals surface area contributed by atoms with E-state index in [0.717, 1.165) is 9.80 Å². The summed E-state index contributed by atoms with van der Waals surface area (Å²) in [4.78, 5) is 50.3. The molecule has 7 nitrogen and oxygen atoms in total. The maximum Gasteiger partial charge on any atom is 0.329 e. The summed E-state index contributed by atoms with van der Waals surface area (Å²) in [7, 11) is 0. The van der Waals surface area contributed by atoms with Gasteiger partial charge in [0.25, 0.3) is 17.7 Å². The fraction of sp³-hybridized carbons (Fsp3) is 0.286. The van der Waals surface area contributed by atoms with E-state index in [9.17, 15) is 19.2 Å². The average Bonchev–Trinajstić information content (AvgIpc) is 2.92. The van der Waals surface area contributed by atoms with E-state index in [1.54, 1.807) is 6.07 Å². The van der Waals surface area contributed by atoms with Gasteiger partial charge in [-0.1, -0.05) is 13.0 Å². The lowest BCUT2D eigenvalue weighted by atomic mass is 10.1. The number of fused-ring (bicyclic) bond motifs is 1. The summed E-state index contributed by atoms with van der Waals surface area (Å²) in [5.74, 6) is -1.28. The van der Waals surface area contributed by atoms with Gasteiger partial charge in [-0.25, -0.2) is 9.69 Å². The number of hydrogen-bond donors (Lipinski definition) is 1. The van der Waals surface area contributed by atoms with Gasteiger partial charge in [0, 0.05) is 6.54 Å². The van der Waals surface area contributed by atoms with Crippen LogP contribution in [0.2, 0.25) is 0 Å². The molecule has 0 bridgehead atoms. The Morgan fingerprint density at radius 3 is 2.52 bits per heavy atom. The van der Waals surface area contributed by atoms with Crippen molar-refractivity contribution in [3.8, 4) is 0 Å². The Morgan fingerprint density at radius 1 is 1.14 bits per heavy atom. The number of hydrogen-bond acceptors (Lipinski definition) is 4. The number of rotatable bonds is 3. The zero-order valence-electron chi connectivity index (χ0n) is 11.4. The number of benzene rings is 1. The molecule has 108 valence electrons. The number of anilines is 1. The van der Waals surface area contributed by atoms with Crippen molar-refractivity contribution < 1.29 is 19.2 Å². The maximum atomic E-state index is 12.4. The molecule has 1 aromatic carbocycles. The second kappa shape index (κ2) is 4.69. The molecular formula is C14H13N3O4. The normalized spacial score (nSPS) is 17.6. The lowest BCUT2D eigenvalue weighted by Crippen LogP contribution is -2.33. The Hall–Kier alpha value is -2.70. The number of nitrogens with one attached hydrogen (secondary N) is 1. The molecule has 2 aliphatic rings. The third kappa shape index (κ3) is 1.81. The molecule has 0 aromatic heterocycles. The molecule has 3 rings (SSSR count). The van der Waals surface area contributed by atoms with Gasteiger partial charge in [0.05, 0.1) is 23.4 Å². The number of imide groups is 2. The molecule has 0 unspecified atom stereocenters. The van der Waals surface area contributed by atoms with E-state index >= 15 is 0 Å². The molecule has 7 heteroatoms. The molecule has 1 saturated heterocycles. The lowest BCUT2D eigenvalue weighted by Gasteiger charge is -2.15. The molecule has 0 saturated carbocycles. The van der Waals surface area contributed by atoms with Gasteiger partial charge in [0.2, 0.25) is 0 Å². The van der Waals surface area contributed by atoms with Crippen LogP contribution in [0, 0.1) is 0 Å². The van der Waals surface area contributed by atoms with Crippen LogP contribution in [-0.4, -0.2) is 41.7 Å². The molecule has 1 aromatic rings. The topological polar surface area (TPSA) is 86.8 Å². The van der Waals surface area contributed by atoms with Crippen molar-refractivity contribution in [3.63, 3.8) is 0 Å². The van der Waals surface area contributed by atoms with Crippen LogP contribution in [0.15, 0.2) is 18.2 Å². The molecule has 0 radical (unpaired) electrons. The predicted octanol–water partition coefficient (Wildman–Crippen LogP) is 0.749. The number of amides is 5. The average molecular weight is 287 g/mol. The highest BCUT2D eigenvalue weighted by Gasteiger charge is 2.41. The minimum atomic E-state index is -0.581. The molecule has 0 spiro atoms. The van der Waals surface area contributed by atoms with E-state index < -0.39 is 17.8 Å². The van der Waals surface area contributed by atoms with E-state index in [2.05, 4.69) is 5.32 Å². The Labute approximate surface area is 120 Å². The summed E-state index contributed by atoms with van der Waals surface area (Å²) in [5, 5.41) is 2.40. The molecule has 1 N–H and O–H groups in total. The first-order chi connectivity index (χ1) is 10.1. The monoisotopic (exact) mass is 287 g/mol. The highest BCUT2D eigenvalue weighted by Crippen LogP contribution is 2.32. The molecule has 0 aliphatic carbocycles.